The Morgan fingerprint density at radius 1 is 1.25 bits per heavy atom. The second-order valence-corrected chi connectivity index (χ2v) is 8.60. The standard InChI is InChI=1S/C21H32O3/c1-13(2)14-6-8-16-15(19(14)24-5)7-9-17-20(16,3)11-10-18(23)21(17,4)12-22/h6,8,13,17-18,22-23H,7,9-12H2,1-5H3/t17-,18+,20-,21-/m1/s1. The first-order chi connectivity index (χ1) is 11.3. The molecule has 0 spiro atoms. The molecule has 3 nitrogen and oxygen atoms in total. The van der Waals surface area contributed by atoms with Crippen molar-refractivity contribution in [2.24, 2.45) is 11.3 Å². The van der Waals surface area contributed by atoms with E-state index in [0.717, 1.165) is 31.4 Å². The molecule has 1 saturated carbocycles. The van der Waals surface area contributed by atoms with Crippen molar-refractivity contribution in [3.05, 3.63) is 28.8 Å². The van der Waals surface area contributed by atoms with Gasteiger partial charge in [0.1, 0.15) is 5.75 Å². The van der Waals surface area contributed by atoms with Gasteiger partial charge in [0, 0.05) is 5.41 Å². The highest BCUT2D eigenvalue weighted by Crippen LogP contribution is 2.58. The first-order valence-electron chi connectivity index (χ1n) is 9.28. The number of hydrogen-bond donors (Lipinski definition) is 2. The van der Waals surface area contributed by atoms with Crippen LogP contribution in [0, 0.1) is 11.3 Å². The Labute approximate surface area is 146 Å². The summed E-state index contributed by atoms with van der Waals surface area (Å²) in [5.74, 6) is 1.78. The monoisotopic (exact) mass is 332 g/mol. The molecule has 4 atom stereocenters. The summed E-state index contributed by atoms with van der Waals surface area (Å²) in [5, 5.41) is 20.6. The molecule has 1 aromatic carbocycles. The van der Waals surface area contributed by atoms with Gasteiger partial charge in [0.25, 0.3) is 0 Å². The van der Waals surface area contributed by atoms with Crippen molar-refractivity contribution in [2.75, 3.05) is 13.7 Å². The van der Waals surface area contributed by atoms with Gasteiger partial charge in [-0.1, -0.05) is 39.8 Å². The van der Waals surface area contributed by atoms with Crippen LogP contribution < -0.4 is 4.74 Å². The Kier molecular flexibility index (Phi) is 4.46. The SMILES string of the molecule is COc1c(C(C)C)ccc2c1CC[C@H]1[C@@](C)(CO)[C@@H](O)CC[C@]21C. The van der Waals surface area contributed by atoms with Crippen molar-refractivity contribution >= 4 is 0 Å². The van der Waals surface area contributed by atoms with Gasteiger partial charge in [0.05, 0.1) is 19.8 Å². The van der Waals surface area contributed by atoms with Crippen LogP contribution in [0.1, 0.15) is 69.6 Å². The lowest BCUT2D eigenvalue weighted by molar-refractivity contribution is -0.110. The zero-order chi connectivity index (χ0) is 17.7. The van der Waals surface area contributed by atoms with Crippen LogP contribution in [0.3, 0.4) is 0 Å². The number of ether oxygens (including phenoxy) is 1. The number of aliphatic hydroxyl groups excluding tert-OH is 2. The highest BCUT2D eigenvalue weighted by Gasteiger charge is 2.55. The predicted octanol–water partition coefficient (Wildman–Crippen LogP) is 3.79. The first kappa shape index (κ1) is 17.8. The Bertz CT molecular complexity index is 624. The highest BCUT2D eigenvalue weighted by atomic mass is 16.5. The van der Waals surface area contributed by atoms with E-state index in [2.05, 4.69) is 39.8 Å². The zero-order valence-electron chi connectivity index (χ0n) is 15.7. The molecule has 0 aromatic heterocycles. The maximum atomic E-state index is 10.6. The molecule has 24 heavy (non-hydrogen) atoms. The first-order valence-corrected chi connectivity index (χ1v) is 9.28. The molecule has 2 aliphatic carbocycles. The van der Waals surface area contributed by atoms with E-state index in [1.54, 1.807) is 7.11 Å². The van der Waals surface area contributed by atoms with Gasteiger partial charge < -0.3 is 14.9 Å². The van der Waals surface area contributed by atoms with Crippen LogP contribution in [0.15, 0.2) is 12.1 Å². The van der Waals surface area contributed by atoms with Gasteiger partial charge in [-0.05, 0) is 59.6 Å². The van der Waals surface area contributed by atoms with Crippen LogP contribution in [-0.2, 0) is 11.8 Å². The third kappa shape index (κ3) is 2.32. The molecular formula is C21H32O3. The van der Waals surface area contributed by atoms with Crippen LogP contribution >= 0.6 is 0 Å². The third-order valence-corrected chi connectivity index (χ3v) is 7.02. The fourth-order valence-corrected chi connectivity index (χ4v) is 5.50. The second-order valence-electron chi connectivity index (χ2n) is 8.60. The lowest BCUT2D eigenvalue weighted by Gasteiger charge is -2.57. The summed E-state index contributed by atoms with van der Waals surface area (Å²) < 4.78 is 5.83. The number of aliphatic hydroxyl groups is 2. The second kappa shape index (κ2) is 6.03. The van der Waals surface area contributed by atoms with E-state index in [0.29, 0.717) is 11.8 Å². The van der Waals surface area contributed by atoms with Crippen molar-refractivity contribution in [3.8, 4) is 5.75 Å². The molecule has 1 fully saturated rings. The van der Waals surface area contributed by atoms with Gasteiger partial charge in [0.15, 0.2) is 0 Å². The summed E-state index contributed by atoms with van der Waals surface area (Å²) in [6.45, 7) is 8.84. The van der Waals surface area contributed by atoms with Gasteiger partial charge in [-0.25, -0.2) is 0 Å². The normalized spacial score (nSPS) is 35.5. The summed E-state index contributed by atoms with van der Waals surface area (Å²) in [5.41, 5.74) is 3.56. The number of rotatable bonds is 3. The van der Waals surface area contributed by atoms with E-state index in [1.807, 2.05) is 0 Å². The van der Waals surface area contributed by atoms with Crippen LogP contribution in [0.5, 0.6) is 5.75 Å². The maximum absolute atomic E-state index is 10.6. The Morgan fingerprint density at radius 2 is 1.96 bits per heavy atom. The lowest BCUT2D eigenvalue weighted by Crippen LogP contribution is -2.56. The number of hydrogen-bond acceptors (Lipinski definition) is 3. The molecule has 0 heterocycles. The molecule has 134 valence electrons. The Hall–Kier alpha value is -1.06. The largest absolute Gasteiger partial charge is 0.496 e. The minimum Gasteiger partial charge on any atom is -0.496 e. The quantitative estimate of drug-likeness (QED) is 0.885. The molecule has 3 rings (SSSR count). The molecule has 3 heteroatoms. The predicted molar refractivity (Wildman–Crippen MR) is 96.7 cm³/mol. The summed E-state index contributed by atoms with van der Waals surface area (Å²) in [7, 11) is 1.78. The molecule has 0 saturated heterocycles. The summed E-state index contributed by atoms with van der Waals surface area (Å²) in [4.78, 5) is 0. The van der Waals surface area contributed by atoms with Crippen LogP contribution in [0.2, 0.25) is 0 Å². The molecule has 0 amide bonds. The van der Waals surface area contributed by atoms with Gasteiger partial charge in [-0.2, -0.15) is 0 Å². The van der Waals surface area contributed by atoms with Crippen molar-refractivity contribution in [2.45, 2.75) is 70.8 Å². The Balaban J connectivity index is 2.15. The molecule has 2 N–H and O–H groups in total. The topological polar surface area (TPSA) is 49.7 Å². The van der Waals surface area contributed by atoms with Crippen molar-refractivity contribution < 1.29 is 14.9 Å². The lowest BCUT2D eigenvalue weighted by atomic mass is 9.49. The van der Waals surface area contributed by atoms with E-state index in [1.165, 1.54) is 16.7 Å². The smallest absolute Gasteiger partial charge is 0.125 e. The fourth-order valence-electron chi connectivity index (χ4n) is 5.50. The van der Waals surface area contributed by atoms with Crippen molar-refractivity contribution in [1.82, 2.24) is 0 Å². The molecule has 0 bridgehead atoms. The average molecular weight is 332 g/mol. The van der Waals surface area contributed by atoms with E-state index in [9.17, 15) is 10.2 Å². The fraction of sp³-hybridized carbons (Fsp3) is 0.714. The van der Waals surface area contributed by atoms with Crippen molar-refractivity contribution in [1.29, 1.82) is 0 Å². The maximum Gasteiger partial charge on any atom is 0.125 e. The molecule has 1 aromatic rings. The van der Waals surface area contributed by atoms with E-state index >= 15 is 0 Å². The number of methoxy groups -OCH3 is 1. The van der Waals surface area contributed by atoms with E-state index in [4.69, 9.17) is 4.74 Å². The van der Waals surface area contributed by atoms with Crippen molar-refractivity contribution in [3.63, 3.8) is 0 Å². The average Bonchev–Trinajstić information content (AvgIpc) is 2.57. The summed E-state index contributed by atoms with van der Waals surface area (Å²) in [6.07, 6.45) is 3.25. The number of fused-ring (bicyclic) bond motifs is 3. The van der Waals surface area contributed by atoms with Crippen LogP contribution in [-0.4, -0.2) is 30.0 Å². The van der Waals surface area contributed by atoms with E-state index in [-0.39, 0.29) is 12.0 Å². The number of benzene rings is 1. The molecule has 2 aliphatic rings. The molecule has 0 radical (unpaired) electrons. The van der Waals surface area contributed by atoms with Crippen LogP contribution in [0.4, 0.5) is 0 Å². The summed E-state index contributed by atoms with van der Waals surface area (Å²) >= 11 is 0. The summed E-state index contributed by atoms with van der Waals surface area (Å²) in [6, 6.07) is 4.51. The van der Waals surface area contributed by atoms with Gasteiger partial charge in [-0.3, -0.25) is 0 Å². The van der Waals surface area contributed by atoms with Crippen LogP contribution in [0.25, 0.3) is 0 Å². The van der Waals surface area contributed by atoms with Gasteiger partial charge >= 0.3 is 0 Å². The minimum absolute atomic E-state index is 0.00686. The minimum atomic E-state index is -0.422. The highest BCUT2D eigenvalue weighted by molar-refractivity contribution is 5.52. The molecule has 0 unspecified atom stereocenters. The molecule has 0 aliphatic heterocycles. The Morgan fingerprint density at radius 3 is 2.54 bits per heavy atom. The third-order valence-electron chi connectivity index (χ3n) is 7.02. The van der Waals surface area contributed by atoms with Gasteiger partial charge in [-0.15, -0.1) is 0 Å². The van der Waals surface area contributed by atoms with Gasteiger partial charge in [0.2, 0.25) is 0 Å². The van der Waals surface area contributed by atoms with E-state index < -0.39 is 11.5 Å². The zero-order valence-corrected chi connectivity index (χ0v) is 15.7. The molecular weight excluding hydrogens is 300 g/mol.